The fourth-order valence-corrected chi connectivity index (χ4v) is 3.29. The van der Waals surface area contributed by atoms with Gasteiger partial charge in [0.1, 0.15) is 0 Å². The summed E-state index contributed by atoms with van der Waals surface area (Å²) >= 11 is 11.8. The first-order chi connectivity index (χ1) is 12.4. The predicted octanol–water partition coefficient (Wildman–Crippen LogP) is 6.06. The molecule has 0 atom stereocenters. The quantitative estimate of drug-likeness (QED) is 0.542. The maximum absolute atomic E-state index is 12.4. The molecule has 3 nitrogen and oxygen atoms in total. The van der Waals surface area contributed by atoms with Crippen LogP contribution in [0, 0.1) is 6.92 Å². The topological polar surface area (TPSA) is 46.2 Å². The number of fused-ring (bicyclic) bond motifs is 1. The summed E-state index contributed by atoms with van der Waals surface area (Å²) in [5.74, 6) is -0.320. The molecule has 3 aromatic carbocycles. The predicted molar refractivity (Wildman–Crippen MR) is 107 cm³/mol. The van der Waals surface area contributed by atoms with E-state index in [0.717, 1.165) is 10.8 Å². The number of amides is 1. The van der Waals surface area contributed by atoms with Crippen molar-refractivity contribution >= 4 is 51.4 Å². The first-order valence-corrected chi connectivity index (χ1v) is 8.96. The van der Waals surface area contributed by atoms with Crippen molar-refractivity contribution in [3.05, 3.63) is 75.8 Å². The molecule has 5 heteroatoms. The summed E-state index contributed by atoms with van der Waals surface area (Å²) in [7, 11) is 0. The number of carbonyl (C=O) groups is 2. The molecule has 26 heavy (non-hydrogen) atoms. The molecule has 0 radical (unpaired) electrons. The highest BCUT2D eigenvalue weighted by Gasteiger charge is 2.11. The molecule has 0 aliphatic carbocycles. The number of hydrogen-bond acceptors (Lipinski definition) is 2. The van der Waals surface area contributed by atoms with Crippen LogP contribution < -0.4 is 5.32 Å². The van der Waals surface area contributed by atoms with Crippen LogP contribution in [0.15, 0.2) is 54.6 Å². The molecule has 132 valence electrons. The van der Waals surface area contributed by atoms with Crippen LogP contribution >= 0.6 is 23.2 Å². The summed E-state index contributed by atoms with van der Waals surface area (Å²) in [5, 5.41) is 5.69. The number of nitrogens with one attached hydrogen (secondary N) is 1. The van der Waals surface area contributed by atoms with Gasteiger partial charge in [-0.3, -0.25) is 9.59 Å². The summed E-state index contributed by atoms with van der Waals surface area (Å²) in [6.45, 7) is 2.03. The smallest absolute Gasteiger partial charge is 0.224 e. The van der Waals surface area contributed by atoms with Crippen LogP contribution in [-0.4, -0.2) is 11.7 Å². The fourth-order valence-electron chi connectivity index (χ4n) is 2.76. The van der Waals surface area contributed by atoms with E-state index in [9.17, 15) is 9.59 Å². The Bertz CT molecular complexity index is 978. The van der Waals surface area contributed by atoms with Crippen molar-refractivity contribution in [1.29, 1.82) is 0 Å². The first kappa shape index (κ1) is 18.4. The number of benzene rings is 3. The third-order valence-corrected chi connectivity index (χ3v) is 4.48. The highest BCUT2D eigenvalue weighted by atomic mass is 35.5. The number of hydrogen-bond donors (Lipinski definition) is 1. The lowest BCUT2D eigenvalue weighted by atomic mass is 10.0. The number of Topliss-reactive ketones (excluding diaryl/α,β-unsaturated/α-hetero) is 1. The molecule has 0 aromatic heterocycles. The van der Waals surface area contributed by atoms with Gasteiger partial charge in [-0.2, -0.15) is 0 Å². The van der Waals surface area contributed by atoms with E-state index in [2.05, 4.69) is 11.4 Å². The standard InChI is InChI=1S/C21H17Cl2NO2/c1-13-2-3-15-9-16(5-4-14(15)8-13)20(25)6-7-21(26)24-19-11-17(22)10-18(23)12-19/h2-5,8-12H,6-7H2,1H3,(H,24,26). The summed E-state index contributed by atoms with van der Waals surface area (Å²) in [4.78, 5) is 24.5. The van der Waals surface area contributed by atoms with E-state index >= 15 is 0 Å². The lowest BCUT2D eigenvalue weighted by Gasteiger charge is -2.07. The number of ketones is 1. The highest BCUT2D eigenvalue weighted by Crippen LogP contribution is 2.23. The second-order valence-electron chi connectivity index (χ2n) is 6.19. The summed E-state index contributed by atoms with van der Waals surface area (Å²) in [6.07, 6.45) is 0.229. The minimum Gasteiger partial charge on any atom is -0.326 e. The van der Waals surface area contributed by atoms with Gasteiger partial charge in [0.15, 0.2) is 5.78 Å². The SMILES string of the molecule is Cc1ccc2cc(C(=O)CCC(=O)Nc3cc(Cl)cc(Cl)c3)ccc2c1. The molecular formula is C21H17Cl2NO2. The van der Waals surface area contributed by atoms with Gasteiger partial charge in [0.25, 0.3) is 0 Å². The van der Waals surface area contributed by atoms with Gasteiger partial charge in [0, 0.05) is 34.1 Å². The van der Waals surface area contributed by atoms with Crippen molar-refractivity contribution in [2.75, 3.05) is 5.32 Å². The molecule has 0 saturated heterocycles. The van der Waals surface area contributed by atoms with Gasteiger partial charge in [0.05, 0.1) is 0 Å². The van der Waals surface area contributed by atoms with Crippen molar-refractivity contribution in [3.63, 3.8) is 0 Å². The van der Waals surface area contributed by atoms with E-state index < -0.39 is 0 Å². The van der Waals surface area contributed by atoms with Gasteiger partial charge in [-0.05, 0) is 42.0 Å². The molecule has 1 N–H and O–H groups in total. The zero-order valence-electron chi connectivity index (χ0n) is 14.2. The van der Waals surface area contributed by atoms with E-state index in [1.807, 2.05) is 31.2 Å². The minimum absolute atomic E-state index is 0.0632. The molecule has 3 rings (SSSR count). The minimum atomic E-state index is -0.256. The van der Waals surface area contributed by atoms with E-state index in [4.69, 9.17) is 23.2 Å². The van der Waals surface area contributed by atoms with Crippen molar-refractivity contribution in [2.45, 2.75) is 19.8 Å². The maximum atomic E-state index is 12.4. The summed E-state index contributed by atoms with van der Waals surface area (Å²) in [5.41, 5.74) is 2.30. The average Bonchev–Trinajstić information content (AvgIpc) is 2.58. The van der Waals surface area contributed by atoms with Gasteiger partial charge >= 0.3 is 0 Å². The van der Waals surface area contributed by atoms with Crippen LogP contribution in [0.4, 0.5) is 5.69 Å². The molecule has 0 spiro atoms. The number of halogens is 2. The lowest BCUT2D eigenvalue weighted by Crippen LogP contribution is -2.13. The van der Waals surface area contributed by atoms with E-state index in [1.165, 1.54) is 5.56 Å². The second-order valence-corrected chi connectivity index (χ2v) is 7.07. The first-order valence-electron chi connectivity index (χ1n) is 8.20. The normalized spacial score (nSPS) is 10.7. The zero-order valence-corrected chi connectivity index (χ0v) is 15.7. The molecular weight excluding hydrogens is 369 g/mol. The Kier molecular flexibility index (Phi) is 5.60. The Morgan fingerprint density at radius 3 is 2.23 bits per heavy atom. The number of anilines is 1. The van der Waals surface area contributed by atoms with Gasteiger partial charge in [-0.15, -0.1) is 0 Å². The van der Waals surface area contributed by atoms with Crippen LogP contribution in [-0.2, 0) is 4.79 Å². The van der Waals surface area contributed by atoms with Crippen LogP contribution in [0.25, 0.3) is 10.8 Å². The molecule has 0 unspecified atom stereocenters. The molecule has 0 heterocycles. The van der Waals surface area contributed by atoms with Crippen LogP contribution in [0.2, 0.25) is 10.0 Å². The number of aryl methyl sites for hydroxylation is 1. The largest absolute Gasteiger partial charge is 0.326 e. The van der Waals surface area contributed by atoms with Gasteiger partial charge in [-0.25, -0.2) is 0 Å². The van der Waals surface area contributed by atoms with Crippen LogP contribution in [0.5, 0.6) is 0 Å². The van der Waals surface area contributed by atoms with Gasteiger partial charge < -0.3 is 5.32 Å². The van der Waals surface area contributed by atoms with Crippen LogP contribution in [0.1, 0.15) is 28.8 Å². The van der Waals surface area contributed by atoms with Crippen LogP contribution in [0.3, 0.4) is 0 Å². The Balaban J connectivity index is 1.62. The molecule has 0 fully saturated rings. The van der Waals surface area contributed by atoms with Gasteiger partial charge in [-0.1, -0.05) is 59.1 Å². The molecule has 1 amide bonds. The van der Waals surface area contributed by atoms with Gasteiger partial charge in [0.2, 0.25) is 5.91 Å². The highest BCUT2D eigenvalue weighted by molar-refractivity contribution is 6.35. The van der Waals surface area contributed by atoms with Crippen molar-refractivity contribution in [3.8, 4) is 0 Å². The lowest BCUT2D eigenvalue weighted by molar-refractivity contribution is -0.116. The number of carbonyl (C=O) groups excluding carboxylic acids is 2. The Labute approximate surface area is 161 Å². The zero-order chi connectivity index (χ0) is 18.7. The monoisotopic (exact) mass is 385 g/mol. The Hall–Kier alpha value is -2.36. The second kappa shape index (κ2) is 7.90. The van der Waals surface area contributed by atoms with E-state index in [0.29, 0.717) is 21.3 Å². The van der Waals surface area contributed by atoms with E-state index in [-0.39, 0.29) is 24.5 Å². The van der Waals surface area contributed by atoms with Crippen molar-refractivity contribution in [1.82, 2.24) is 0 Å². The average molecular weight is 386 g/mol. The summed E-state index contributed by atoms with van der Waals surface area (Å²) in [6, 6.07) is 16.5. The third kappa shape index (κ3) is 4.63. The Morgan fingerprint density at radius 2 is 1.50 bits per heavy atom. The molecule has 0 bridgehead atoms. The fraction of sp³-hybridized carbons (Fsp3) is 0.143. The van der Waals surface area contributed by atoms with E-state index in [1.54, 1.807) is 24.3 Å². The molecule has 0 aliphatic heterocycles. The molecule has 0 saturated carbocycles. The number of rotatable bonds is 5. The van der Waals surface area contributed by atoms with Crippen molar-refractivity contribution < 1.29 is 9.59 Å². The molecule has 0 aliphatic rings. The van der Waals surface area contributed by atoms with Crippen molar-refractivity contribution in [2.24, 2.45) is 0 Å². The Morgan fingerprint density at radius 1 is 0.846 bits per heavy atom. The molecule has 3 aromatic rings. The third-order valence-electron chi connectivity index (χ3n) is 4.04. The summed E-state index contributed by atoms with van der Waals surface area (Å²) < 4.78 is 0. The maximum Gasteiger partial charge on any atom is 0.224 e.